The fourth-order valence-electron chi connectivity index (χ4n) is 1.63. The van der Waals surface area contributed by atoms with Crippen molar-refractivity contribution in [1.29, 1.82) is 0 Å². The number of esters is 1. The maximum absolute atomic E-state index is 11.4. The minimum absolute atomic E-state index is 0.0107. The van der Waals surface area contributed by atoms with Crippen LogP contribution in [-0.4, -0.2) is 23.5 Å². The van der Waals surface area contributed by atoms with Crippen molar-refractivity contribution in [3.8, 4) is 0 Å². The molecule has 0 fully saturated rings. The molecule has 0 aliphatic heterocycles. The topological polar surface area (TPSA) is 81.5 Å². The highest BCUT2D eigenvalue weighted by Crippen LogP contribution is 2.13. The Morgan fingerprint density at radius 2 is 2.09 bits per heavy atom. The number of hydrogen-bond donors (Lipinski definition) is 1. The number of nitro groups is 1. The molecule has 1 aromatic rings. The molecule has 22 heavy (non-hydrogen) atoms. The predicted octanol–water partition coefficient (Wildman–Crippen LogP) is 3.24. The number of carbonyl (C=O) groups excluding carboxylic acids is 1. The zero-order chi connectivity index (χ0) is 16.5. The molecule has 1 aromatic carbocycles. The van der Waals surface area contributed by atoms with Crippen molar-refractivity contribution >= 4 is 17.7 Å². The molecule has 0 spiro atoms. The Kier molecular flexibility index (Phi) is 6.82. The highest BCUT2D eigenvalue weighted by molar-refractivity contribution is 5.86. The lowest BCUT2D eigenvalue weighted by Crippen LogP contribution is -2.26. The number of nitrogens with zero attached hydrogens (tertiary/aromatic N) is 1. The molecule has 118 valence electrons. The summed E-state index contributed by atoms with van der Waals surface area (Å²) in [7, 11) is 0. The van der Waals surface area contributed by atoms with E-state index in [1.807, 2.05) is 19.1 Å². The van der Waals surface area contributed by atoms with E-state index in [1.165, 1.54) is 6.08 Å². The van der Waals surface area contributed by atoms with Crippen molar-refractivity contribution in [3.63, 3.8) is 0 Å². The van der Waals surface area contributed by atoms with Crippen molar-refractivity contribution in [1.82, 2.24) is 0 Å². The van der Waals surface area contributed by atoms with Gasteiger partial charge in [0.15, 0.2) is 0 Å². The quantitative estimate of drug-likeness (QED) is 0.345. The molecule has 6 heteroatoms. The van der Waals surface area contributed by atoms with E-state index >= 15 is 0 Å². The molecule has 0 saturated carbocycles. The van der Waals surface area contributed by atoms with E-state index in [0.29, 0.717) is 5.57 Å². The molecule has 0 saturated heterocycles. The lowest BCUT2D eigenvalue weighted by Gasteiger charge is -2.18. The van der Waals surface area contributed by atoms with Gasteiger partial charge in [-0.3, -0.25) is 10.1 Å². The zero-order valence-electron chi connectivity index (χ0n) is 12.7. The maximum atomic E-state index is 11.4. The third-order valence-corrected chi connectivity index (χ3v) is 2.93. The zero-order valence-corrected chi connectivity index (χ0v) is 12.7. The third-order valence-electron chi connectivity index (χ3n) is 2.93. The highest BCUT2D eigenvalue weighted by Gasteiger charge is 2.10. The number of carbonyl (C=O) groups is 1. The second-order valence-electron chi connectivity index (χ2n) is 4.85. The fraction of sp³-hybridized carbons (Fsp3) is 0.312. The van der Waals surface area contributed by atoms with Crippen LogP contribution in [0.4, 0.5) is 5.69 Å². The van der Waals surface area contributed by atoms with E-state index in [0.717, 1.165) is 23.9 Å². The molecule has 0 aliphatic rings. The first kappa shape index (κ1) is 17.4. The third kappa shape index (κ3) is 6.21. The average Bonchev–Trinajstić information content (AvgIpc) is 2.49. The summed E-state index contributed by atoms with van der Waals surface area (Å²) in [5.41, 5.74) is 1.97. The second-order valence-corrected chi connectivity index (χ2v) is 4.85. The largest absolute Gasteiger partial charge is 0.460 e. The Morgan fingerprint density at radius 3 is 2.59 bits per heavy atom. The minimum Gasteiger partial charge on any atom is -0.460 e. The Hall–Kier alpha value is -2.63. The maximum Gasteiger partial charge on any atom is 0.333 e. The van der Waals surface area contributed by atoms with Crippen LogP contribution in [0, 0.1) is 10.1 Å². The van der Waals surface area contributed by atoms with Gasteiger partial charge < -0.3 is 10.1 Å². The molecule has 6 nitrogen and oxygen atoms in total. The number of benzene rings is 1. The molecule has 0 amide bonds. The average molecular weight is 304 g/mol. The monoisotopic (exact) mass is 304 g/mol. The van der Waals surface area contributed by atoms with Crippen LogP contribution in [0.1, 0.15) is 25.8 Å². The van der Waals surface area contributed by atoms with Crippen molar-refractivity contribution in [3.05, 3.63) is 58.3 Å². The summed E-state index contributed by atoms with van der Waals surface area (Å²) in [4.78, 5) is 21.1. The van der Waals surface area contributed by atoms with Crippen LogP contribution in [0.5, 0.6) is 0 Å². The van der Waals surface area contributed by atoms with Crippen molar-refractivity contribution in [2.24, 2.45) is 0 Å². The van der Waals surface area contributed by atoms with Crippen molar-refractivity contribution in [2.45, 2.75) is 26.3 Å². The Bertz CT molecular complexity index is 564. The van der Waals surface area contributed by atoms with Gasteiger partial charge in [0.05, 0.1) is 11.0 Å². The lowest BCUT2D eigenvalue weighted by atomic mass is 10.1. The van der Waals surface area contributed by atoms with Crippen molar-refractivity contribution < 1.29 is 14.5 Å². The van der Waals surface area contributed by atoms with E-state index < -0.39 is 10.9 Å². The Balaban J connectivity index is 2.58. The van der Waals surface area contributed by atoms with Gasteiger partial charge in [0, 0.05) is 17.3 Å². The Morgan fingerprint density at radius 1 is 1.45 bits per heavy atom. The van der Waals surface area contributed by atoms with Gasteiger partial charge in [-0.1, -0.05) is 25.6 Å². The molecule has 0 heterocycles. The molecule has 1 atom stereocenters. The fourth-order valence-corrected chi connectivity index (χ4v) is 1.63. The summed E-state index contributed by atoms with van der Waals surface area (Å²) in [6, 6.07) is 7.18. The summed E-state index contributed by atoms with van der Waals surface area (Å²) < 4.78 is 5.13. The predicted molar refractivity (Wildman–Crippen MR) is 85.9 cm³/mol. The van der Waals surface area contributed by atoms with Crippen LogP contribution < -0.4 is 5.32 Å². The molecule has 1 unspecified atom stereocenters. The van der Waals surface area contributed by atoms with Crippen LogP contribution in [0.2, 0.25) is 0 Å². The van der Waals surface area contributed by atoms with Gasteiger partial charge in [0.25, 0.3) is 0 Å². The smallest absolute Gasteiger partial charge is 0.333 e. The lowest BCUT2D eigenvalue weighted by molar-refractivity contribution is -0.400. The van der Waals surface area contributed by atoms with Crippen LogP contribution in [-0.2, 0) is 9.53 Å². The number of nitrogens with one attached hydrogen (secondary N) is 1. The Labute approximate surface area is 129 Å². The van der Waals surface area contributed by atoms with Gasteiger partial charge in [-0.2, -0.15) is 0 Å². The normalized spacial score (nSPS) is 11.9. The molecular weight excluding hydrogens is 284 g/mol. The van der Waals surface area contributed by atoms with Crippen LogP contribution in [0.25, 0.3) is 6.08 Å². The van der Waals surface area contributed by atoms with Gasteiger partial charge in [-0.25, -0.2) is 4.79 Å². The highest BCUT2D eigenvalue weighted by atomic mass is 16.6. The van der Waals surface area contributed by atoms with Gasteiger partial charge in [-0.15, -0.1) is 0 Å². The van der Waals surface area contributed by atoms with E-state index in [4.69, 9.17) is 4.74 Å². The van der Waals surface area contributed by atoms with Crippen LogP contribution in [0.15, 0.2) is 42.6 Å². The summed E-state index contributed by atoms with van der Waals surface area (Å²) in [6.07, 6.45) is 3.11. The minimum atomic E-state index is -0.505. The number of anilines is 1. The second kappa shape index (κ2) is 8.61. The standard InChI is InChI=1S/C16H20N2O4/c1-4-14(11-22-16(19)12(2)3)17-15-7-5-13(6-8-15)9-10-18(20)21/h5-10,14,17H,2,4,11H2,1,3H3. The molecule has 0 aromatic heterocycles. The van der Waals surface area contributed by atoms with Gasteiger partial charge in [0.1, 0.15) is 6.61 Å². The first-order valence-electron chi connectivity index (χ1n) is 6.93. The van der Waals surface area contributed by atoms with Gasteiger partial charge in [0.2, 0.25) is 6.20 Å². The molecule has 0 radical (unpaired) electrons. The number of hydrogen-bond acceptors (Lipinski definition) is 5. The van der Waals surface area contributed by atoms with E-state index in [-0.39, 0.29) is 12.6 Å². The van der Waals surface area contributed by atoms with Crippen LogP contribution >= 0.6 is 0 Å². The van der Waals surface area contributed by atoms with E-state index in [2.05, 4.69) is 11.9 Å². The first-order chi connectivity index (χ1) is 10.4. The first-order valence-corrected chi connectivity index (χ1v) is 6.93. The van der Waals surface area contributed by atoms with Gasteiger partial charge >= 0.3 is 5.97 Å². The van der Waals surface area contributed by atoms with E-state index in [9.17, 15) is 14.9 Å². The SMILES string of the molecule is C=C(C)C(=O)OCC(CC)Nc1ccc(C=C[N+](=O)[O-])cc1. The van der Waals surface area contributed by atoms with E-state index in [1.54, 1.807) is 19.1 Å². The molecule has 1 rings (SSSR count). The van der Waals surface area contributed by atoms with Crippen LogP contribution in [0.3, 0.4) is 0 Å². The number of ether oxygens (including phenoxy) is 1. The summed E-state index contributed by atoms with van der Waals surface area (Å²) >= 11 is 0. The molecule has 1 N–H and O–H groups in total. The molecule has 0 aliphatic carbocycles. The summed E-state index contributed by atoms with van der Waals surface area (Å²) in [6.45, 7) is 7.38. The molecular formula is C16H20N2O4. The van der Waals surface area contributed by atoms with Gasteiger partial charge in [-0.05, 0) is 31.0 Å². The molecule has 0 bridgehead atoms. The van der Waals surface area contributed by atoms with Crippen molar-refractivity contribution in [2.75, 3.05) is 11.9 Å². The number of rotatable bonds is 8. The summed E-state index contributed by atoms with van der Waals surface area (Å²) in [5.74, 6) is -0.402. The summed E-state index contributed by atoms with van der Waals surface area (Å²) in [5, 5.41) is 13.5.